The lowest BCUT2D eigenvalue weighted by molar-refractivity contribution is -0.138. The van der Waals surface area contributed by atoms with Gasteiger partial charge in [0.15, 0.2) is 0 Å². The van der Waals surface area contributed by atoms with Gasteiger partial charge in [0.25, 0.3) is 0 Å². The molecule has 0 saturated carbocycles. The Kier molecular flexibility index (Phi) is 6.76. The molecular formula is C14H25NO3. The molecule has 4 nitrogen and oxygen atoms in total. The molecule has 4 heteroatoms. The van der Waals surface area contributed by atoms with E-state index in [2.05, 4.69) is 6.92 Å². The van der Waals surface area contributed by atoms with Gasteiger partial charge in [-0.3, -0.25) is 9.59 Å². The van der Waals surface area contributed by atoms with Crippen LogP contribution in [0.15, 0.2) is 0 Å². The van der Waals surface area contributed by atoms with Crippen molar-refractivity contribution >= 4 is 11.9 Å². The smallest absolute Gasteiger partial charge is 0.303 e. The monoisotopic (exact) mass is 255 g/mol. The third-order valence-electron chi connectivity index (χ3n) is 3.70. The summed E-state index contributed by atoms with van der Waals surface area (Å²) >= 11 is 0. The molecule has 104 valence electrons. The molecule has 1 aliphatic rings. The minimum absolute atomic E-state index is 0.171. The average molecular weight is 255 g/mol. The van der Waals surface area contributed by atoms with Gasteiger partial charge in [0, 0.05) is 25.4 Å². The summed E-state index contributed by atoms with van der Waals surface area (Å²) < 4.78 is 0. The highest BCUT2D eigenvalue weighted by Crippen LogP contribution is 2.20. The predicted octanol–water partition coefficient (Wildman–Crippen LogP) is 2.81. The van der Waals surface area contributed by atoms with E-state index in [9.17, 15) is 9.59 Å². The third-order valence-corrected chi connectivity index (χ3v) is 3.70. The normalized spacial score (nSPS) is 20.5. The van der Waals surface area contributed by atoms with E-state index in [1.54, 1.807) is 0 Å². The molecule has 0 radical (unpaired) electrons. The van der Waals surface area contributed by atoms with Crippen LogP contribution in [0, 0.1) is 0 Å². The van der Waals surface area contributed by atoms with Crippen LogP contribution in [0.2, 0.25) is 0 Å². The molecule has 1 fully saturated rings. The number of carbonyl (C=O) groups is 2. The van der Waals surface area contributed by atoms with Crippen LogP contribution in [0.4, 0.5) is 0 Å². The molecular weight excluding hydrogens is 230 g/mol. The fraction of sp³-hybridized carbons (Fsp3) is 0.857. The summed E-state index contributed by atoms with van der Waals surface area (Å²) in [6, 6.07) is 0.402. The second-order valence-electron chi connectivity index (χ2n) is 5.10. The van der Waals surface area contributed by atoms with Gasteiger partial charge in [0.2, 0.25) is 5.91 Å². The summed E-state index contributed by atoms with van der Waals surface area (Å²) in [5, 5.41) is 8.55. The van der Waals surface area contributed by atoms with E-state index in [0.29, 0.717) is 25.3 Å². The Morgan fingerprint density at radius 2 is 1.89 bits per heavy atom. The van der Waals surface area contributed by atoms with Gasteiger partial charge in [-0.2, -0.15) is 0 Å². The zero-order valence-corrected chi connectivity index (χ0v) is 11.4. The van der Waals surface area contributed by atoms with Crippen molar-refractivity contribution < 1.29 is 14.7 Å². The van der Waals surface area contributed by atoms with Gasteiger partial charge in [-0.15, -0.1) is 0 Å². The highest BCUT2D eigenvalue weighted by Gasteiger charge is 2.23. The highest BCUT2D eigenvalue weighted by molar-refractivity contribution is 5.76. The van der Waals surface area contributed by atoms with E-state index in [1.807, 2.05) is 4.90 Å². The molecule has 1 unspecified atom stereocenters. The van der Waals surface area contributed by atoms with Crippen molar-refractivity contribution in [2.45, 2.75) is 70.8 Å². The van der Waals surface area contributed by atoms with Gasteiger partial charge < -0.3 is 10.0 Å². The number of carboxylic acids is 1. The number of unbranched alkanes of at least 4 members (excludes halogenated alkanes) is 1. The molecule has 0 spiro atoms. The Balaban J connectivity index is 2.35. The molecule has 0 bridgehead atoms. The van der Waals surface area contributed by atoms with Crippen molar-refractivity contribution in [1.29, 1.82) is 0 Å². The zero-order valence-electron chi connectivity index (χ0n) is 11.4. The number of carboxylic acid groups (broad SMARTS) is 1. The van der Waals surface area contributed by atoms with E-state index in [-0.39, 0.29) is 12.3 Å². The Morgan fingerprint density at radius 1 is 1.17 bits per heavy atom. The SMILES string of the molecule is CCC1CCCCCN1C(=O)CCCCC(=O)O. The molecule has 1 amide bonds. The fourth-order valence-corrected chi connectivity index (χ4v) is 2.63. The van der Waals surface area contributed by atoms with Gasteiger partial charge >= 0.3 is 5.97 Å². The lowest BCUT2D eigenvalue weighted by Crippen LogP contribution is -2.39. The summed E-state index contributed by atoms with van der Waals surface area (Å²) in [5.41, 5.74) is 0. The number of carbonyl (C=O) groups excluding carboxylic acids is 1. The standard InChI is InChI=1S/C14H25NO3/c1-2-12-8-4-3-7-11-15(12)13(16)9-5-6-10-14(17)18/h12H,2-11H2,1H3,(H,17,18). The Hall–Kier alpha value is -1.06. The average Bonchev–Trinajstić information content (AvgIpc) is 2.59. The van der Waals surface area contributed by atoms with Gasteiger partial charge in [-0.1, -0.05) is 19.8 Å². The lowest BCUT2D eigenvalue weighted by atomic mass is 10.1. The van der Waals surface area contributed by atoms with E-state index in [4.69, 9.17) is 5.11 Å². The quantitative estimate of drug-likeness (QED) is 0.742. The number of hydrogen-bond acceptors (Lipinski definition) is 2. The number of amides is 1. The molecule has 0 aromatic carbocycles. The Bertz CT molecular complexity index is 278. The zero-order chi connectivity index (χ0) is 13.4. The topological polar surface area (TPSA) is 57.6 Å². The first-order chi connectivity index (χ1) is 8.65. The van der Waals surface area contributed by atoms with Crippen molar-refractivity contribution in [2.24, 2.45) is 0 Å². The molecule has 18 heavy (non-hydrogen) atoms. The lowest BCUT2D eigenvalue weighted by Gasteiger charge is -2.29. The third kappa shape index (κ3) is 5.07. The summed E-state index contributed by atoms with van der Waals surface area (Å²) in [6.45, 7) is 3.02. The number of hydrogen-bond donors (Lipinski definition) is 1. The van der Waals surface area contributed by atoms with Gasteiger partial charge in [-0.25, -0.2) is 0 Å². The maximum atomic E-state index is 12.1. The van der Waals surface area contributed by atoms with E-state index >= 15 is 0 Å². The maximum absolute atomic E-state index is 12.1. The first kappa shape index (κ1) is 15.0. The molecule has 1 heterocycles. The molecule has 0 aromatic rings. The van der Waals surface area contributed by atoms with Crippen molar-refractivity contribution in [3.63, 3.8) is 0 Å². The molecule has 0 aromatic heterocycles. The van der Waals surface area contributed by atoms with E-state index in [1.165, 1.54) is 12.8 Å². The van der Waals surface area contributed by atoms with Crippen molar-refractivity contribution in [1.82, 2.24) is 4.90 Å². The van der Waals surface area contributed by atoms with Crippen molar-refractivity contribution in [2.75, 3.05) is 6.54 Å². The van der Waals surface area contributed by atoms with Crippen LogP contribution in [0.3, 0.4) is 0 Å². The van der Waals surface area contributed by atoms with Crippen LogP contribution in [0.25, 0.3) is 0 Å². The van der Waals surface area contributed by atoms with Crippen LogP contribution < -0.4 is 0 Å². The van der Waals surface area contributed by atoms with Crippen LogP contribution in [0.1, 0.15) is 64.7 Å². The van der Waals surface area contributed by atoms with Crippen molar-refractivity contribution in [3.05, 3.63) is 0 Å². The highest BCUT2D eigenvalue weighted by atomic mass is 16.4. The molecule has 1 N–H and O–H groups in total. The summed E-state index contributed by atoms with van der Waals surface area (Å²) in [7, 11) is 0. The summed E-state index contributed by atoms with van der Waals surface area (Å²) in [6.07, 6.45) is 7.67. The predicted molar refractivity (Wildman–Crippen MR) is 70.4 cm³/mol. The van der Waals surface area contributed by atoms with Gasteiger partial charge in [0.1, 0.15) is 0 Å². The Labute approximate surface area is 109 Å². The summed E-state index contributed by atoms with van der Waals surface area (Å²) in [5.74, 6) is -0.558. The fourth-order valence-electron chi connectivity index (χ4n) is 2.63. The number of nitrogens with zero attached hydrogens (tertiary/aromatic N) is 1. The largest absolute Gasteiger partial charge is 0.481 e. The van der Waals surface area contributed by atoms with Crippen LogP contribution in [-0.2, 0) is 9.59 Å². The van der Waals surface area contributed by atoms with Crippen molar-refractivity contribution in [3.8, 4) is 0 Å². The second kappa shape index (κ2) is 8.11. The molecule has 1 aliphatic heterocycles. The minimum atomic E-state index is -0.774. The van der Waals surface area contributed by atoms with E-state index in [0.717, 1.165) is 25.8 Å². The molecule has 1 rings (SSSR count). The van der Waals surface area contributed by atoms with E-state index < -0.39 is 5.97 Å². The second-order valence-corrected chi connectivity index (χ2v) is 5.10. The Morgan fingerprint density at radius 3 is 2.56 bits per heavy atom. The van der Waals surface area contributed by atoms with Crippen LogP contribution in [-0.4, -0.2) is 34.5 Å². The first-order valence-electron chi connectivity index (χ1n) is 7.16. The van der Waals surface area contributed by atoms with Gasteiger partial charge in [-0.05, 0) is 32.1 Å². The molecule has 1 saturated heterocycles. The maximum Gasteiger partial charge on any atom is 0.303 e. The number of aliphatic carboxylic acids is 1. The van der Waals surface area contributed by atoms with Crippen LogP contribution >= 0.6 is 0 Å². The van der Waals surface area contributed by atoms with Crippen LogP contribution in [0.5, 0.6) is 0 Å². The summed E-state index contributed by atoms with van der Waals surface area (Å²) in [4.78, 5) is 24.6. The molecule has 0 aliphatic carbocycles. The first-order valence-corrected chi connectivity index (χ1v) is 7.16. The number of rotatable bonds is 6. The number of likely N-dealkylation sites (tertiary alicyclic amines) is 1. The molecule has 1 atom stereocenters. The minimum Gasteiger partial charge on any atom is -0.481 e. The van der Waals surface area contributed by atoms with Gasteiger partial charge in [0.05, 0.1) is 0 Å².